The number of oxazole rings is 1. The van der Waals surface area contributed by atoms with Crippen LogP contribution in [0.2, 0.25) is 0 Å². The standard InChI is InChI=1S/C22H15F3N4O4/c23-22(24,25)17-6-4-13(11-27-17)21(7-9-32-16-2-1-8-26-18(16)21)29-19(30)12-3-5-15-14(10-12)28-20(31)33-15/h1-6,8,10-11H,7,9H2,(H,28,31)(H,29,30)/t21-/m0/s1. The average molecular weight is 456 g/mol. The van der Waals surface area contributed by atoms with Crippen molar-refractivity contribution in [1.82, 2.24) is 20.3 Å². The van der Waals surface area contributed by atoms with E-state index in [4.69, 9.17) is 9.15 Å². The second-order valence-corrected chi connectivity index (χ2v) is 7.46. The minimum absolute atomic E-state index is 0.189. The number of rotatable bonds is 3. The highest BCUT2D eigenvalue weighted by Crippen LogP contribution is 2.41. The van der Waals surface area contributed by atoms with Gasteiger partial charge in [0.05, 0.1) is 12.1 Å². The summed E-state index contributed by atoms with van der Waals surface area (Å²) in [5, 5.41) is 2.93. The van der Waals surface area contributed by atoms with E-state index in [2.05, 4.69) is 20.3 Å². The fourth-order valence-corrected chi connectivity index (χ4v) is 3.91. The van der Waals surface area contributed by atoms with Gasteiger partial charge >= 0.3 is 11.9 Å². The zero-order valence-electron chi connectivity index (χ0n) is 16.8. The van der Waals surface area contributed by atoms with Gasteiger partial charge < -0.3 is 14.5 Å². The lowest BCUT2D eigenvalue weighted by atomic mass is 9.81. The van der Waals surface area contributed by atoms with Gasteiger partial charge in [0.1, 0.15) is 22.7 Å². The van der Waals surface area contributed by atoms with Crippen LogP contribution in [0.1, 0.15) is 33.7 Å². The fraction of sp³-hybridized carbons (Fsp3) is 0.182. The molecule has 3 aromatic heterocycles. The molecule has 0 unspecified atom stereocenters. The first-order valence-corrected chi connectivity index (χ1v) is 9.84. The van der Waals surface area contributed by atoms with Crippen molar-refractivity contribution in [3.05, 3.63) is 87.9 Å². The Kier molecular flexibility index (Phi) is 4.69. The molecule has 0 saturated heterocycles. The number of benzene rings is 1. The van der Waals surface area contributed by atoms with E-state index in [0.29, 0.717) is 22.5 Å². The molecule has 4 aromatic rings. The molecule has 0 saturated carbocycles. The Balaban J connectivity index is 1.60. The SMILES string of the molecule is O=C(N[C@]1(c2ccc(C(F)(F)F)nc2)CCOc2cccnc21)c1ccc2oc(=O)[nH]c2c1. The third-order valence-corrected chi connectivity index (χ3v) is 5.46. The third kappa shape index (κ3) is 3.60. The van der Waals surface area contributed by atoms with E-state index in [1.165, 1.54) is 30.5 Å². The van der Waals surface area contributed by atoms with Crippen molar-refractivity contribution in [1.29, 1.82) is 0 Å². The van der Waals surface area contributed by atoms with Crippen molar-refractivity contribution in [2.45, 2.75) is 18.1 Å². The number of nitrogens with zero attached hydrogens (tertiary/aromatic N) is 2. The number of aromatic nitrogens is 3. The summed E-state index contributed by atoms with van der Waals surface area (Å²) in [4.78, 5) is 35.1. The Hall–Kier alpha value is -4.15. The van der Waals surface area contributed by atoms with Crippen LogP contribution < -0.4 is 15.8 Å². The minimum atomic E-state index is -4.60. The van der Waals surface area contributed by atoms with Crippen LogP contribution >= 0.6 is 0 Å². The van der Waals surface area contributed by atoms with Crippen molar-refractivity contribution >= 4 is 17.0 Å². The molecule has 4 heterocycles. The van der Waals surface area contributed by atoms with E-state index in [9.17, 15) is 22.8 Å². The molecule has 1 atom stereocenters. The predicted molar refractivity (Wildman–Crippen MR) is 109 cm³/mol. The van der Waals surface area contributed by atoms with E-state index < -0.39 is 29.1 Å². The fourth-order valence-electron chi connectivity index (χ4n) is 3.91. The van der Waals surface area contributed by atoms with Gasteiger partial charge in [-0.2, -0.15) is 13.2 Å². The summed E-state index contributed by atoms with van der Waals surface area (Å²) in [6.45, 7) is 0.189. The quantitative estimate of drug-likeness (QED) is 0.489. The molecule has 1 amide bonds. The first-order chi connectivity index (χ1) is 15.8. The van der Waals surface area contributed by atoms with Crippen LogP contribution in [0.5, 0.6) is 5.75 Å². The molecular formula is C22H15F3N4O4. The van der Waals surface area contributed by atoms with Crippen molar-refractivity contribution < 1.29 is 27.1 Å². The Morgan fingerprint density at radius 2 is 2.00 bits per heavy atom. The van der Waals surface area contributed by atoms with Crippen molar-refractivity contribution in [2.24, 2.45) is 0 Å². The molecule has 1 aliphatic rings. The van der Waals surface area contributed by atoms with Crippen LogP contribution in [0.25, 0.3) is 11.1 Å². The summed E-state index contributed by atoms with van der Waals surface area (Å²) >= 11 is 0. The van der Waals surface area contributed by atoms with Gasteiger partial charge in [-0.1, -0.05) is 6.07 Å². The zero-order valence-corrected chi connectivity index (χ0v) is 16.8. The lowest BCUT2D eigenvalue weighted by Gasteiger charge is -2.38. The lowest BCUT2D eigenvalue weighted by Crippen LogP contribution is -2.50. The predicted octanol–water partition coefficient (Wildman–Crippen LogP) is 3.39. The molecule has 1 aromatic carbocycles. The van der Waals surface area contributed by atoms with Crippen molar-refractivity contribution in [3.8, 4) is 5.75 Å². The number of alkyl halides is 3. The number of hydrogen-bond acceptors (Lipinski definition) is 6. The van der Waals surface area contributed by atoms with Gasteiger partial charge in [0, 0.05) is 29.9 Å². The molecule has 0 radical (unpaired) electrons. The molecule has 8 nitrogen and oxygen atoms in total. The molecule has 33 heavy (non-hydrogen) atoms. The number of amides is 1. The molecular weight excluding hydrogens is 441 g/mol. The zero-order chi connectivity index (χ0) is 23.2. The van der Waals surface area contributed by atoms with Crippen LogP contribution in [0.4, 0.5) is 13.2 Å². The Labute approximate surface area is 183 Å². The maximum Gasteiger partial charge on any atom is 0.433 e. The number of pyridine rings is 2. The number of nitrogens with one attached hydrogen (secondary N) is 2. The molecule has 0 fully saturated rings. The van der Waals surface area contributed by atoms with E-state index in [-0.39, 0.29) is 24.2 Å². The molecule has 5 rings (SSSR count). The highest BCUT2D eigenvalue weighted by molar-refractivity contribution is 5.97. The van der Waals surface area contributed by atoms with Crippen molar-refractivity contribution in [2.75, 3.05) is 6.61 Å². The normalized spacial score (nSPS) is 17.9. The number of carbonyl (C=O) groups excluding carboxylic acids is 1. The molecule has 2 N–H and O–H groups in total. The van der Waals surface area contributed by atoms with Gasteiger partial charge in [-0.15, -0.1) is 0 Å². The van der Waals surface area contributed by atoms with Gasteiger partial charge in [0.25, 0.3) is 5.91 Å². The lowest BCUT2D eigenvalue weighted by molar-refractivity contribution is -0.141. The smallest absolute Gasteiger partial charge is 0.433 e. The number of H-pyrrole nitrogens is 1. The Morgan fingerprint density at radius 1 is 1.15 bits per heavy atom. The van der Waals surface area contributed by atoms with E-state index in [1.54, 1.807) is 12.1 Å². The molecule has 168 valence electrons. The van der Waals surface area contributed by atoms with Crippen LogP contribution in [-0.4, -0.2) is 27.5 Å². The van der Waals surface area contributed by atoms with Crippen LogP contribution in [0.15, 0.2) is 64.1 Å². The number of ether oxygens (including phenoxy) is 1. The van der Waals surface area contributed by atoms with Gasteiger partial charge in [-0.05, 0) is 36.4 Å². The second-order valence-electron chi connectivity index (χ2n) is 7.46. The number of hydrogen-bond donors (Lipinski definition) is 2. The molecule has 11 heteroatoms. The van der Waals surface area contributed by atoms with E-state index in [1.807, 2.05) is 0 Å². The van der Waals surface area contributed by atoms with Gasteiger partial charge in [-0.25, -0.2) is 4.79 Å². The second kappa shape index (κ2) is 7.47. The van der Waals surface area contributed by atoms with Crippen LogP contribution in [0.3, 0.4) is 0 Å². The summed E-state index contributed by atoms with van der Waals surface area (Å²) in [7, 11) is 0. The summed E-state index contributed by atoms with van der Waals surface area (Å²) in [6.07, 6.45) is -1.80. The average Bonchev–Trinajstić information content (AvgIpc) is 3.18. The topological polar surface area (TPSA) is 110 Å². The minimum Gasteiger partial charge on any atom is -0.491 e. The first kappa shape index (κ1) is 20.7. The maximum atomic E-state index is 13.3. The molecule has 0 spiro atoms. The molecule has 0 bridgehead atoms. The molecule has 0 aliphatic carbocycles. The maximum absolute atomic E-state index is 13.3. The number of carbonyl (C=O) groups is 1. The summed E-state index contributed by atoms with van der Waals surface area (Å²) in [5.41, 5.74) is -0.825. The van der Waals surface area contributed by atoms with Crippen molar-refractivity contribution in [3.63, 3.8) is 0 Å². The number of halogens is 3. The summed E-state index contributed by atoms with van der Waals surface area (Å²) in [6, 6.07) is 9.87. The van der Waals surface area contributed by atoms with Gasteiger partial charge in [-0.3, -0.25) is 19.7 Å². The summed E-state index contributed by atoms with van der Waals surface area (Å²) in [5.74, 6) is -0.784. The first-order valence-electron chi connectivity index (χ1n) is 9.84. The van der Waals surface area contributed by atoms with Crippen LogP contribution in [-0.2, 0) is 11.7 Å². The summed E-state index contributed by atoms with van der Waals surface area (Å²) < 4.78 is 49.8. The Morgan fingerprint density at radius 3 is 2.76 bits per heavy atom. The van der Waals surface area contributed by atoms with Gasteiger partial charge in [0.2, 0.25) is 0 Å². The monoisotopic (exact) mass is 456 g/mol. The third-order valence-electron chi connectivity index (χ3n) is 5.46. The van der Waals surface area contributed by atoms with Crippen LogP contribution in [0, 0.1) is 0 Å². The highest BCUT2D eigenvalue weighted by atomic mass is 19.4. The molecule has 1 aliphatic heterocycles. The number of aromatic amines is 1. The van der Waals surface area contributed by atoms with E-state index in [0.717, 1.165) is 12.3 Å². The highest BCUT2D eigenvalue weighted by Gasteiger charge is 2.43. The van der Waals surface area contributed by atoms with Gasteiger partial charge in [0.15, 0.2) is 5.58 Å². The largest absolute Gasteiger partial charge is 0.491 e. The Bertz CT molecular complexity index is 1410. The number of fused-ring (bicyclic) bond motifs is 2. The van der Waals surface area contributed by atoms with E-state index >= 15 is 0 Å².